The van der Waals surface area contributed by atoms with Crippen molar-refractivity contribution in [2.45, 2.75) is 13.1 Å². The lowest BCUT2D eigenvalue weighted by Gasteiger charge is -2.12. The quantitative estimate of drug-likeness (QED) is 0.666. The van der Waals surface area contributed by atoms with Gasteiger partial charge in [-0.15, -0.1) is 0 Å². The molecule has 0 aliphatic rings. The average Bonchev–Trinajstić information content (AvgIpc) is 2.84. The summed E-state index contributed by atoms with van der Waals surface area (Å²) in [6.07, 6.45) is -3.88. The summed E-state index contributed by atoms with van der Waals surface area (Å²) in [6, 6.07) is 10.6. The Morgan fingerprint density at radius 1 is 1.09 bits per heavy atom. The summed E-state index contributed by atoms with van der Waals surface area (Å²) in [5, 5.41) is 0.627. The summed E-state index contributed by atoms with van der Waals surface area (Å²) >= 11 is 0. The zero-order valence-electron chi connectivity index (χ0n) is 11.7. The normalized spacial score (nSPS) is 11.8. The highest BCUT2D eigenvalue weighted by molar-refractivity contribution is 6.04. The number of benzene rings is 2. The van der Waals surface area contributed by atoms with Gasteiger partial charge in [-0.2, -0.15) is 13.2 Å². The number of hydrogen-bond donors (Lipinski definition) is 1. The number of halogens is 3. The molecule has 0 aliphatic carbocycles. The van der Waals surface area contributed by atoms with Gasteiger partial charge in [0.15, 0.2) is 6.29 Å². The van der Waals surface area contributed by atoms with E-state index in [4.69, 9.17) is 0 Å². The number of alkyl halides is 3. The number of fused-ring (bicyclic) bond motifs is 1. The predicted molar refractivity (Wildman–Crippen MR) is 78.9 cm³/mol. The molecule has 22 heavy (non-hydrogen) atoms. The van der Waals surface area contributed by atoms with Gasteiger partial charge in [0.1, 0.15) is 0 Å². The Bertz CT molecular complexity index is 862. The third-order valence-corrected chi connectivity index (χ3v) is 3.61. The molecule has 1 aromatic heterocycles. The number of carbonyl (C=O) groups is 1. The Hall–Kier alpha value is -2.56. The van der Waals surface area contributed by atoms with Gasteiger partial charge < -0.3 is 4.98 Å². The van der Waals surface area contributed by atoms with Gasteiger partial charge in [-0.05, 0) is 25.1 Å². The molecular weight excluding hydrogens is 291 g/mol. The van der Waals surface area contributed by atoms with Crippen molar-refractivity contribution >= 4 is 17.2 Å². The van der Waals surface area contributed by atoms with Crippen LogP contribution in [0.15, 0.2) is 42.5 Å². The maximum atomic E-state index is 13.2. The topological polar surface area (TPSA) is 32.9 Å². The molecule has 0 bridgehead atoms. The summed E-state index contributed by atoms with van der Waals surface area (Å²) in [6.45, 7) is 1.87. The molecule has 2 nitrogen and oxygen atoms in total. The van der Waals surface area contributed by atoms with Crippen LogP contribution in [0.5, 0.6) is 0 Å². The Labute approximate surface area is 124 Å². The van der Waals surface area contributed by atoms with Gasteiger partial charge in [0.2, 0.25) is 0 Å². The van der Waals surface area contributed by atoms with E-state index in [0.29, 0.717) is 17.2 Å². The van der Waals surface area contributed by atoms with Crippen molar-refractivity contribution in [3.05, 3.63) is 59.2 Å². The monoisotopic (exact) mass is 303 g/mol. The minimum Gasteiger partial charge on any atom is -0.354 e. The van der Waals surface area contributed by atoms with Crippen LogP contribution in [0.3, 0.4) is 0 Å². The number of aromatic nitrogens is 1. The predicted octanol–water partition coefficient (Wildman–Crippen LogP) is 4.97. The summed E-state index contributed by atoms with van der Waals surface area (Å²) in [4.78, 5) is 14.4. The molecule has 2 aromatic carbocycles. The highest BCUT2D eigenvalue weighted by Crippen LogP contribution is 2.39. The molecule has 0 radical (unpaired) electrons. The molecule has 0 amide bonds. The van der Waals surface area contributed by atoms with E-state index in [1.165, 1.54) is 18.2 Å². The highest BCUT2D eigenvalue weighted by atomic mass is 19.4. The van der Waals surface area contributed by atoms with Crippen LogP contribution in [0.4, 0.5) is 13.2 Å². The fourth-order valence-electron chi connectivity index (χ4n) is 2.61. The molecule has 0 saturated heterocycles. The molecule has 3 aromatic rings. The number of nitrogens with one attached hydrogen (secondary N) is 1. The number of hydrogen-bond acceptors (Lipinski definition) is 1. The number of aromatic amines is 1. The van der Waals surface area contributed by atoms with E-state index >= 15 is 0 Å². The van der Waals surface area contributed by atoms with Gasteiger partial charge >= 0.3 is 6.18 Å². The van der Waals surface area contributed by atoms with Gasteiger partial charge in [-0.1, -0.05) is 29.8 Å². The molecule has 5 heteroatoms. The lowest BCUT2D eigenvalue weighted by atomic mass is 10.0. The Morgan fingerprint density at radius 2 is 1.82 bits per heavy atom. The van der Waals surface area contributed by atoms with Crippen LogP contribution in [0.1, 0.15) is 21.5 Å². The maximum absolute atomic E-state index is 13.2. The van der Waals surface area contributed by atoms with Crippen molar-refractivity contribution in [1.29, 1.82) is 0 Å². The number of rotatable bonds is 2. The number of H-pyrrole nitrogens is 1. The SMILES string of the molecule is Cc1ccc2[nH]c(-c3ccccc3C(F)(F)F)c(C=O)c2c1. The Kier molecular flexibility index (Phi) is 3.28. The minimum absolute atomic E-state index is 0.0223. The van der Waals surface area contributed by atoms with Crippen molar-refractivity contribution in [2.24, 2.45) is 0 Å². The second-order valence-electron chi connectivity index (χ2n) is 5.12. The van der Waals surface area contributed by atoms with Crippen LogP contribution < -0.4 is 0 Å². The van der Waals surface area contributed by atoms with E-state index in [1.807, 2.05) is 13.0 Å². The van der Waals surface area contributed by atoms with Gasteiger partial charge in [0.25, 0.3) is 0 Å². The van der Waals surface area contributed by atoms with Crippen LogP contribution in [0.2, 0.25) is 0 Å². The van der Waals surface area contributed by atoms with Crippen molar-refractivity contribution in [2.75, 3.05) is 0 Å². The van der Waals surface area contributed by atoms with Crippen LogP contribution in [-0.4, -0.2) is 11.3 Å². The van der Waals surface area contributed by atoms with E-state index < -0.39 is 11.7 Å². The highest BCUT2D eigenvalue weighted by Gasteiger charge is 2.34. The fraction of sp³-hybridized carbons (Fsp3) is 0.118. The van der Waals surface area contributed by atoms with E-state index in [1.54, 1.807) is 12.1 Å². The molecule has 1 heterocycles. The van der Waals surface area contributed by atoms with E-state index in [0.717, 1.165) is 11.6 Å². The van der Waals surface area contributed by atoms with Gasteiger partial charge in [0, 0.05) is 22.0 Å². The standard InChI is InChI=1S/C17H12F3NO/c1-10-6-7-15-12(8-10)13(9-22)16(21-15)11-4-2-3-5-14(11)17(18,19)20/h2-9,21H,1H3. The van der Waals surface area contributed by atoms with Crippen molar-refractivity contribution in [1.82, 2.24) is 4.98 Å². The lowest BCUT2D eigenvalue weighted by molar-refractivity contribution is -0.137. The summed E-state index contributed by atoms with van der Waals surface area (Å²) in [5.74, 6) is 0. The summed E-state index contributed by atoms with van der Waals surface area (Å²) < 4.78 is 39.6. The second-order valence-corrected chi connectivity index (χ2v) is 5.12. The third kappa shape index (κ3) is 2.28. The molecule has 3 rings (SSSR count). The summed E-state index contributed by atoms with van der Waals surface area (Å²) in [5.41, 5.74) is 1.23. The van der Waals surface area contributed by atoms with Crippen LogP contribution in [0, 0.1) is 6.92 Å². The molecular formula is C17H12F3NO. The molecule has 0 aliphatic heterocycles. The maximum Gasteiger partial charge on any atom is 0.417 e. The molecule has 0 saturated carbocycles. The second kappa shape index (κ2) is 5.02. The summed E-state index contributed by atoms with van der Waals surface area (Å²) in [7, 11) is 0. The third-order valence-electron chi connectivity index (χ3n) is 3.61. The van der Waals surface area contributed by atoms with Crippen LogP contribution in [0.25, 0.3) is 22.2 Å². The van der Waals surface area contributed by atoms with Gasteiger partial charge in [0.05, 0.1) is 11.3 Å². The number of carbonyl (C=O) groups excluding carboxylic acids is 1. The Morgan fingerprint density at radius 3 is 2.50 bits per heavy atom. The van der Waals surface area contributed by atoms with E-state index in [-0.39, 0.29) is 16.8 Å². The first kappa shape index (κ1) is 14.4. The van der Waals surface area contributed by atoms with Crippen LogP contribution >= 0.6 is 0 Å². The van der Waals surface area contributed by atoms with Crippen molar-refractivity contribution in [3.8, 4) is 11.3 Å². The number of aryl methyl sites for hydroxylation is 1. The van der Waals surface area contributed by atoms with Crippen molar-refractivity contribution < 1.29 is 18.0 Å². The Balaban J connectivity index is 2.34. The first-order valence-electron chi connectivity index (χ1n) is 6.66. The van der Waals surface area contributed by atoms with E-state index in [9.17, 15) is 18.0 Å². The van der Waals surface area contributed by atoms with Crippen LogP contribution in [-0.2, 0) is 6.18 Å². The molecule has 0 unspecified atom stereocenters. The molecule has 1 N–H and O–H groups in total. The van der Waals surface area contributed by atoms with E-state index in [2.05, 4.69) is 4.98 Å². The van der Waals surface area contributed by atoms with Crippen molar-refractivity contribution in [3.63, 3.8) is 0 Å². The smallest absolute Gasteiger partial charge is 0.354 e. The first-order valence-corrected chi connectivity index (χ1v) is 6.66. The minimum atomic E-state index is -4.48. The molecule has 0 atom stereocenters. The zero-order valence-corrected chi connectivity index (χ0v) is 11.7. The average molecular weight is 303 g/mol. The molecule has 0 fully saturated rings. The first-order chi connectivity index (χ1) is 10.4. The number of aldehydes is 1. The fourth-order valence-corrected chi connectivity index (χ4v) is 2.61. The largest absolute Gasteiger partial charge is 0.417 e. The lowest BCUT2D eigenvalue weighted by Crippen LogP contribution is -2.07. The molecule has 0 spiro atoms. The molecule has 112 valence electrons. The van der Waals surface area contributed by atoms with Gasteiger partial charge in [-0.3, -0.25) is 4.79 Å². The van der Waals surface area contributed by atoms with Gasteiger partial charge in [-0.25, -0.2) is 0 Å². The zero-order chi connectivity index (χ0) is 15.9.